The monoisotopic (exact) mass is 383 g/mol. The fraction of sp³-hybridized carbons (Fsp3) is 0.500. The number of benzene rings is 1. The maximum absolute atomic E-state index is 12.7. The molecule has 20 heavy (non-hydrogen) atoms. The summed E-state index contributed by atoms with van der Waals surface area (Å²) in [5.41, 5.74) is 0. The van der Waals surface area contributed by atoms with Crippen LogP contribution in [-0.4, -0.2) is 44.1 Å². The van der Waals surface area contributed by atoms with Gasteiger partial charge in [0.05, 0.1) is 18.2 Å². The Balaban J connectivity index is 2.54. The minimum absolute atomic E-state index is 0.0136. The number of aliphatic hydroxyl groups is 1. The van der Waals surface area contributed by atoms with Crippen LogP contribution in [0.25, 0.3) is 0 Å². The van der Waals surface area contributed by atoms with Gasteiger partial charge in [0.15, 0.2) is 5.75 Å². The zero-order valence-corrected chi connectivity index (χ0v) is 14.0. The Labute approximate surface area is 131 Å². The van der Waals surface area contributed by atoms with E-state index in [2.05, 4.69) is 15.9 Å². The normalized spacial score (nSPS) is 20.3. The Morgan fingerprint density at radius 1 is 1.55 bits per heavy atom. The van der Waals surface area contributed by atoms with Gasteiger partial charge in [0.1, 0.15) is 4.90 Å². The maximum Gasteiger partial charge on any atom is 0.247 e. The van der Waals surface area contributed by atoms with Crippen LogP contribution in [-0.2, 0) is 10.0 Å². The molecule has 0 amide bonds. The minimum Gasteiger partial charge on any atom is -0.494 e. The molecule has 1 atom stereocenters. The lowest BCUT2D eigenvalue weighted by molar-refractivity contribution is 0.213. The van der Waals surface area contributed by atoms with E-state index in [4.69, 9.17) is 16.3 Å². The number of sulfonamides is 1. The van der Waals surface area contributed by atoms with Crippen molar-refractivity contribution in [3.63, 3.8) is 0 Å². The zero-order chi connectivity index (χ0) is 14.9. The van der Waals surface area contributed by atoms with Crippen molar-refractivity contribution in [3.8, 4) is 5.75 Å². The van der Waals surface area contributed by atoms with Crippen LogP contribution in [0.1, 0.15) is 12.8 Å². The van der Waals surface area contributed by atoms with E-state index in [1.165, 1.54) is 17.5 Å². The Kier molecular flexibility index (Phi) is 4.96. The van der Waals surface area contributed by atoms with E-state index in [0.717, 1.165) is 6.42 Å². The molecular weight excluding hydrogens is 370 g/mol. The second kappa shape index (κ2) is 6.19. The molecule has 2 rings (SSSR count). The molecule has 0 aliphatic carbocycles. The van der Waals surface area contributed by atoms with Gasteiger partial charge < -0.3 is 9.84 Å². The van der Waals surface area contributed by atoms with Gasteiger partial charge in [-0.2, -0.15) is 4.31 Å². The molecule has 1 aromatic rings. The Hall–Kier alpha value is -0.340. The van der Waals surface area contributed by atoms with E-state index < -0.39 is 10.0 Å². The first-order chi connectivity index (χ1) is 9.41. The molecule has 0 bridgehead atoms. The number of hydrogen-bond acceptors (Lipinski definition) is 4. The van der Waals surface area contributed by atoms with Gasteiger partial charge in [-0.25, -0.2) is 8.42 Å². The third kappa shape index (κ3) is 2.82. The summed E-state index contributed by atoms with van der Waals surface area (Å²) in [7, 11) is -2.35. The molecule has 1 aliphatic heterocycles. The highest BCUT2D eigenvalue weighted by Gasteiger charge is 2.37. The molecule has 112 valence electrons. The number of nitrogens with zero attached hydrogens (tertiary/aromatic N) is 1. The number of hydrogen-bond donors (Lipinski definition) is 1. The van der Waals surface area contributed by atoms with Crippen molar-refractivity contribution in [3.05, 3.63) is 21.6 Å². The quantitative estimate of drug-likeness (QED) is 0.864. The number of rotatable bonds is 4. The lowest BCUT2D eigenvalue weighted by atomic mass is 10.2. The van der Waals surface area contributed by atoms with Crippen LogP contribution in [0.5, 0.6) is 5.75 Å². The van der Waals surface area contributed by atoms with Crippen molar-refractivity contribution in [2.24, 2.45) is 0 Å². The predicted molar refractivity (Wildman–Crippen MR) is 79.7 cm³/mol. The van der Waals surface area contributed by atoms with Gasteiger partial charge in [-0.1, -0.05) is 11.6 Å². The second-order valence-electron chi connectivity index (χ2n) is 4.51. The van der Waals surface area contributed by atoms with E-state index >= 15 is 0 Å². The minimum atomic E-state index is -3.75. The highest BCUT2D eigenvalue weighted by Crippen LogP contribution is 2.38. The smallest absolute Gasteiger partial charge is 0.247 e. The SMILES string of the molecule is COc1c(Br)cc(Cl)cc1S(=O)(=O)N1CCCC1CO. The average molecular weight is 385 g/mol. The van der Waals surface area contributed by atoms with Crippen molar-refractivity contribution >= 4 is 37.6 Å². The molecule has 0 radical (unpaired) electrons. The van der Waals surface area contributed by atoms with Crippen LogP contribution in [0.15, 0.2) is 21.5 Å². The lowest BCUT2D eigenvalue weighted by Gasteiger charge is -2.23. The van der Waals surface area contributed by atoms with Crippen molar-refractivity contribution < 1.29 is 18.3 Å². The number of ether oxygens (including phenoxy) is 1. The molecule has 1 heterocycles. The molecule has 1 unspecified atom stereocenters. The van der Waals surface area contributed by atoms with E-state index in [1.807, 2.05) is 0 Å². The maximum atomic E-state index is 12.7. The molecule has 0 spiro atoms. The highest BCUT2D eigenvalue weighted by atomic mass is 79.9. The number of aliphatic hydroxyl groups excluding tert-OH is 1. The third-order valence-corrected chi connectivity index (χ3v) is 6.06. The zero-order valence-electron chi connectivity index (χ0n) is 10.8. The molecule has 1 aromatic carbocycles. The molecular formula is C12H15BrClNO4S. The van der Waals surface area contributed by atoms with Crippen LogP contribution >= 0.6 is 27.5 Å². The summed E-state index contributed by atoms with van der Waals surface area (Å²) in [6.07, 6.45) is 1.38. The molecule has 1 saturated heterocycles. The van der Waals surface area contributed by atoms with Crippen LogP contribution in [0.4, 0.5) is 0 Å². The van der Waals surface area contributed by atoms with Gasteiger partial charge in [-0.15, -0.1) is 0 Å². The van der Waals surface area contributed by atoms with Crippen molar-refractivity contribution in [1.82, 2.24) is 4.31 Å². The molecule has 5 nitrogen and oxygen atoms in total. The van der Waals surface area contributed by atoms with Crippen LogP contribution in [0.2, 0.25) is 5.02 Å². The van der Waals surface area contributed by atoms with Crippen molar-refractivity contribution in [2.45, 2.75) is 23.8 Å². The number of methoxy groups -OCH3 is 1. The molecule has 1 N–H and O–H groups in total. The summed E-state index contributed by atoms with van der Waals surface area (Å²) in [6.45, 7) is 0.199. The highest BCUT2D eigenvalue weighted by molar-refractivity contribution is 9.10. The molecule has 8 heteroatoms. The Morgan fingerprint density at radius 3 is 2.85 bits per heavy atom. The van der Waals surface area contributed by atoms with Crippen molar-refractivity contribution in [1.29, 1.82) is 0 Å². The summed E-state index contributed by atoms with van der Waals surface area (Å²) in [5, 5.41) is 9.61. The first-order valence-corrected chi connectivity index (χ1v) is 8.68. The lowest BCUT2D eigenvalue weighted by Crippen LogP contribution is -2.37. The van der Waals surface area contributed by atoms with Gasteiger partial charge >= 0.3 is 0 Å². The van der Waals surface area contributed by atoms with Gasteiger partial charge in [0, 0.05) is 17.6 Å². The standard InChI is InChI=1S/C12H15BrClNO4S/c1-19-12-10(13)5-8(14)6-11(12)20(17,18)15-4-2-3-9(15)7-16/h5-6,9,16H,2-4,7H2,1H3. The summed E-state index contributed by atoms with van der Waals surface area (Å²) in [5.74, 6) is 0.220. The fourth-order valence-corrected chi connectivity index (χ4v) is 5.42. The van der Waals surface area contributed by atoms with E-state index in [9.17, 15) is 13.5 Å². The Bertz CT molecular complexity index is 608. The molecule has 0 saturated carbocycles. The van der Waals surface area contributed by atoms with E-state index in [-0.39, 0.29) is 23.3 Å². The number of halogens is 2. The summed E-state index contributed by atoms with van der Waals surface area (Å²) < 4.78 is 32.4. The summed E-state index contributed by atoms with van der Waals surface area (Å²) in [6, 6.07) is 2.56. The predicted octanol–water partition coefficient (Wildman–Crippen LogP) is 2.26. The topological polar surface area (TPSA) is 66.8 Å². The van der Waals surface area contributed by atoms with Gasteiger partial charge in [-0.05, 0) is 40.9 Å². The van der Waals surface area contributed by atoms with Crippen LogP contribution in [0, 0.1) is 0 Å². The third-order valence-electron chi connectivity index (χ3n) is 3.30. The average Bonchev–Trinajstić information content (AvgIpc) is 2.86. The van der Waals surface area contributed by atoms with Gasteiger partial charge in [0.25, 0.3) is 0 Å². The first-order valence-electron chi connectivity index (χ1n) is 6.07. The molecule has 0 aromatic heterocycles. The van der Waals surface area contributed by atoms with Gasteiger partial charge in [-0.3, -0.25) is 0 Å². The first kappa shape index (κ1) is 16.0. The van der Waals surface area contributed by atoms with E-state index in [1.54, 1.807) is 6.07 Å². The second-order valence-corrected chi connectivity index (χ2v) is 7.66. The Morgan fingerprint density at radius 2 is 2.25 bits per heavy atom. The fourth-order valence-electron chi connectivity index (χ4n) is 2.36. The van der Waals surface area contributed by atoms with Crippen LogP contribution < -0.4 is 4.74 Å². The molecule has 1 aliphatic rings. The largest absolute Gasteiger partial charge is 0.494 e. The summed E-state index contributed by atoms with van der Waals surface area (Å²) >= 11 is 9.19. The molecule has 1 fully saturated rings. The van der Waals surface area contributed by atoms with E-state index in [0.29, 0.717) is 22.5 Å². The van der Waals surface area contributed by atoms with Crippen LogP contribution in [0.3, 0.4) is 0 Å². The summed E-state index contributed by atoms with van der Waals surface area (Å²) in [4.78, 5) is 0.0136. The van der Waals surface area contributed by atoms with Crippen molar-refractivity contribution in [2.75, 3.05) is 20.3 Å². The van der Waals surface area contributed by atoms with Gasteiger partial charge in [0.2, 0.25) is 10.0 Å².